The summed E-state index contributed by atoms with van der Waals surface area (Å²) in [4.78, 5) is 35.4. The molecule has 8 nitrogen and oxygen atoms in total. The molecule has 1 atom stereocenters. The number of hydrogen-bond donors (Lipinski definition) is 1. The molecule has 3 aromatic heterocycles. The summed E-state index contributed by atoms with van der Waals surface area (Å²) in [5.41, 5.74) is 0.923. The number of piperidine rings is 1. The molecule has 1 aliphatic rings. The lowest BCUT2D eigenvalue weighted by atomic mass is 10.1. The van der Waals surface area contributed by atoms with E-state index in [4.69, 9.17) is 0 Å². The Balaban J connectivity index is 1.52. The molecule has 0 radical (unpaired) electrons. The molecule has 134 valence electrons. The largest absolute Gasteiger partial charge is 0.354 e. The minimum absolute atomic E-state index is 0.00529. The van der Waals surface area contributed by atoms with Crippen molar-refractivity contribution in [1.29, 1.82) is 0 Å². The number of aromatic nitrogens is 4. The van der Waals surface area contributed by atoms with Gasteiger partial charge < -0.3 is 14.8 Å². The lowest BCUT2D eigenvalue weighted by molar-refractivity contribution is 0.0928. The van der Waals surface area contributed by atoms with Crippen molar-refractivity contribution in [2.75, 3.05) is 18.0 Å². The molecule has 1 fully saturated rings. The molecule has 4 heterocycles. The van der Waals surface area contributed by atoms with Gasteiger partial charge in [0.15, 0.2) is 0 Å². The molecule has 0 saturated carbocycles. The fourth-order valence-corrected chi connectivity index (χ4v) is 3.30. The lowest BCUT2D eigenvalue weighted by Gasteiger charge is -2.33. The van der Waals surface area contributed by atoms with Gasteiger partial charge in [0, 0.05) is 44.6 Å². The molecule has 1 N–H and O–H groups in total. The number of anilines is 1. The number of nitrogens with zero attached hydrogens (tertiary/aromatic N) is 5. The van der Waals surface area contributed by atoms with Crippen LogP contribution in [0.4, 0.5) is 5.82 Å². The standard InChI is InChI=1S/C18H20N6O2/c1-22-11-14(19-12-22)18(26)20-13-5-4-7-23(10-13)16-9-17(25)24-8-3-2-6-15(24)21-16/h2-3,6,8-9,11-13H,4-5,7,10H2,1H3,(H,20,26). The second-order valence-corrected chi connectivity index (χ2v) is 6.56. The van der Waals surface area contributed by atoms with Gasteiger partial charge in [-0.05, 0) is 25.0 Å². The van der Waals surface area contributed by atoms with E-state index in [1.165, 1.54) is 4.40 Å². The molecule has 1 amide bonds. The molecule has 4 rings (SSSR count). The molecule has 1 saturated heterocycles. The zero-order chi connectivity index (χ0) is 18.1. The van der Waals surface area contributed by atoms with E-state index in [0.29, 0.717) is 23.7 Å². The summed E-state index contributed by atoms with van der Waals surface area (Å²) in [5.74, 6) is 0.474. The van der Waals surface area contributed by atoms with Crippen LogP contribution in [0.15, 0.2) is 47.8 Å². The predicted octanol–water partition coefficient (Wildman–Crippen LogP) is 0.827. The van der Waals surface area contributed by atoms with Crippen molar-refractivity contribution in [3.63, 3.8) is 0 Å². The second kappa shape index (κ2) is 6.62. The van der Waals surface area contributed by atoms with Gasteiger partial charge in [0.1, 0.15) is 17.2 Å². The smallest absolute Gasteiger partial charge is 0.271 e. The number of aryl methyl sites for hydroxylation is 1. The van der Waals surface area contributed by atoms with Crippen molar-refractivity contribution >= 4 is 17.4 Å². The van der Waals surface area contributed by atoms with Gasteiger partial charge in [-0.3, -0.25) is 14.0 Å². The fraction of sp³-hybridized carbons (Fsp3) is 0.333. The number of imidazole rings is 1. The molecule has 1 aliphatic heterocycles. The van der Waals surface area contributed by atoms with Crippen LogP contribution in [0.5, 0.6) is 0 Å². The van der Waals surface area contributed by atoms with Crippen molar-refractivity contribution in [3.8, 4) is 0 Å². The van der Waals surface area contributed by atoms with E-state index in [1.807, 2.05) is 19.2 Å². The average molecular weight is 352 g/mol. The monoisotopic (exact) mass is 352 g/mol. The number of hydrogen-bond acceptors (Lipinski definition) is 5. The highest BCUT2D eigenvalue weighted by Crippen LogP contribution is 2.17. The lowest BCUT2D eigenvalue weighted by Crippen LogP contribution is -2.48. The van der Waals surface area contributed by atoms with Crippen LogP contribution in [0, 0.1) is 0 Å². The van der Waals surface area contributed by atoms with Crippen molar-refractivity contribution in [2.45, 2.75) is 18.9 Å². The normalized spacial score (nSPS) is 17.4. The first-order valence-corrected chi connectivity index (χ1v) is 8.62. The van der Waals surface area contributed by atoms with Crippen molar-refractivity contribution in [3.05, 3.63) is 59.0 Å². The summed E-state index contributed by atoms with van der Waals surface area (Å²) in [6.45, 7) is 1.43. The van der Waals surface area contributed by atoms with Crippen LogP contribution in [0.3, 0.4) is 0 Å². The van der Waals surface area contributed by atoms with Crippen molar-refractivity contribution in [2.24, 2.45) is 7.05 Å². The number of rotatable bonds is 3. The summed E-state index contributed by atoms with van der Waals surface area (Å²) in [5, 5.41) is 3.03. The number of pyridine rings is 1. The molecule has 26 heavy (non-hydrogen) atoms. The molecule has 0 aromatic carbocycles. The summed E-state index contributed by atoms with van der Waals surface area (Å²) in [6.07, 6.45) is 6.82. The van der Waals surface area contributed by atoms with Crippen LogP contribution in [-0.4, -0.2) is 44.0 Å². The zero-order valence-electron chi connectivity index (χ0n) is 14.5. The number of carbonyl (C=O) groups excluding carboxylic acids is 1. The maximum absolute atomic E-state index is 12.3. The Morgan fingerprint density at radius 1 is 1.35 bits per heavy atom. The Morgan fingerprint density at radius 3 is 3.04 bits per heavy atom. The Morgan fingerprint density at radius 2 is 2.23 bits per heavy atom. The third kappa shape index (κ3) is 3.17. The van der Waals surface area contributed by atoms with E-state index < -0.39 is 0 Å². The van der Waals surface area contributed by atoms with Gasteiger partial charge in [0.25, 0.3) is 11.5 Å². The first-order valence-electron chi connectivity index (χ1n) is 8.62. The van der Waals surface area contributed by atoms with Crippen molar-refractivity contribution < 1.29 is 4.79 Å². The van der Waals surface area contributed by atoms with Crippen LogP contribution < -0.4 is 15.8 Å². The van der Waals surface area contributed by atoms with Crippen LogP contribution in [0.2, 0.25) is 0 Å². The Labute approximate surface area is 150 Å². The first-order chi connectivity index (χ1) is 12.6. The maximum atomic E-state index is 12.3. The summed E-state index contributed by atoms with van der Waals surface area (Å²) < 4.78 is 3.27. The Bertz CT molecular complexity index is 1010. The highest BCUT2D eigenvalue weighted by molar-refractivity contribution is 5.92. The highest BCUT2D eigenvalue weighted by Gasteiger charge is 2.24. The van der Waals surface area contributed by atoms with E-state index in [9.17, 15) is 9.59 Å². The van der Waals surface area contributed by atoms with Crippen LogP contribution in [0.25, 0.3) is 5.65 Å². The number of fused-ring (bicyclic) bond motifs is 1. The maximum Gasteiger partial charge on any atom is 0.271 e. The Hall–Kier alpha value is -3.16. The fourth-order valence-electron chi connectivity index (χ4n) is 3.30. The summed E-state index contributed by atoms with van der Waals surface area (Å²) >= 11 is 0. The van der Waals surface area contributed by atoms with Gasteiger partial charge in [-0.25, -0.2) is 9.97 Å². The minimum Gasteiger partial charge on any atom is -0.354 e. The molecule has 1 unspecified atom stereocenters. The minimum atomic E-state index is -0.177. The van der Waals surface area contributed by atoms with Crippen LogP contribution in [0.1, 0.15) is 23.3 Å². The average Bonchev–Trinajstić information content (AvgIpc) is 3.08. The first kappa shape index (κ1) is 16.3. The van der Waals surface area contributed by atoms with Gasteiger partial charge in [-0.15, -0.1) is 0 Å². The van der Waals surface area contributed by atoms with E-state index in [0.717, 1.165) is 19.4 Å². The highest BCUT2D eigenvalue weighted by atomic mass is 16.2. The van der Waals surface area contributed by atoms with Gasteiger partial charge in [-0.2, -0.15) is 0 Å². The van der Waals surface area contributed by atoms with Gasteiger partial charge in [0.2, 0.25) is 0 Å². The van der Waals surface area contributed by atoms with Gasteiger partial charge >= 0.3 is 0 Å². The van der Waals surface area contributed by atoms with Crippen molar-refractivity contribution in [1.82, 2.24) is 24.3 Å². The second-order valence-electron chi connectivity index (χ2n) is 6.56. The molecule has 0 bridgehead atoms. The predicted molar refractivity (Wildman–Crippen MR) is 97.4 cm³/mol. The van der Waals surface area contributed by atoms with E-state index in [1.54, 1.807) is 35.4 Å². The van der Waals surface area contributed by atoms with Gasteiger partial charge in [0.05, 0.1) is 6.33 Å². The van der Waals surface area contributed by atoms with Crippen LogP contribution in [-0.2, 0) is 7.05 Å². The number of carbonyl (C=O) groups is 1. The zero-order valence-corrected chi connectivity index (χ0v) is 14.5. The molecule has 0 spiro atoms. The topological polar surface area (TPSA) is 84.5 Å². The molecular formula is C18H20N6O2. The number of nitrogens with one attached hydrogen (secondary N) is 1. The third-order valence-corrected chi connectivity index (χ3v) is 4.58. The molecule has 8 heteroatoms. The van der Waals surface area contributed by atoms with E-state index >= 15 is 0 Å². The molecule has 3 aromatic rings. The van der Waals surface area contributed by atoms with E-state index in [2.05, 4.69) is 20.2 Å². The van der Waals surface area contributed by atoms with Crippen LogP contribution >= 0.6 is 0 Å². The number of amides is 1. The molecular weight excluding hydrogens is 332 g/mol. The summed E-state index contributed by atoms with van der Waals surface area (Å²) in [7, 11) is 1.83. The quantitative estimate of drug-likeness (QED) is 0.755. The Kier molecular flexibility index (Phi) is 4.16. The van der Waals surface area contributed by atoms with E-state index in [-0.39, 0.29) is 17.5 Å². The molecule has 0 aliphatic carbocycles. The third-order valence-electron chi connectivity index (χ3n) is 4.58. The van der Waals surface area contributed by atoms with Gasteiger partial charge in [-0.1, -0.05) is 6.07 Å². The summed E-state index contributed by atoms with van der Waals surface area (Å²) in [6, 6.07) is 7.03. The SMILES string of the molecule is Cn1cnc(C(=O)NC2CCCN(c3cc(=O)n4ccccc4n3)C2)c1.